The minimum absolute atomic E-state index is 0.395. The summed E-state index contributed by atoms with van der Waals surface area (Å²) in [5.41, 5.74) is 4.92. The number of hydrogen-bond donors (Lipinski definition) is 0. The van der Waals surface area contributed by atoms with Crippen molar-refractivity contribution in [3.8, 4) is 0 Å². The first-order valence-corrected chi connectivity index (χ1v) is 11.8. The van der Waals surface area contributed by atoms with Gasteiger partial charge in [-0.3, -0.25) is 0 Å². The van der Waals surface area contributed by atoms with Crippen LogP contribution in [0.1, 0.15) is 0 Å². The van der Waals surface area contributed by atoms with Crippen LogP contribution in [0.3, 0.4) is 0 Å². The summed E-state index contributed by atoms with van der Waals surface area (Å²) in [6.45, 7) is 12.6. The Morgan fingerprint density at radius 1 is 0.789 bits per heavy atom. The van der Waals surface area contributed by atoms with Crippen molar-refractivity contribution in [1.29, 1.82) is 0 Å². The van der Waals surface area contributed by atoms with Gasteiger partial charge in [0, 0.05) is 11.1 Å². The molecule has 19 heavy (non-hydrogen) atoms. The molecule has 0 aromatic rings. The normalized spacial score (nSPS) is 24.5. The van der Waals surface area contributed by atoms with Gasteiger partial charge in [-0.15, -0.1) is 13.2 Å². The van der Waals surface area contributed by atoms with Gasteiger partial charge in [-0.05, 0) is 13.1 Å². The second-order valence-electron chi connectivity index (χ2n) is 5.47. The second kappa shape index (κ2) is 5.45. The molecule has 0 heterocycles. The van der Waals surface area contributed by atoms with Crippen LogP contribution in [-0.2, 0) is 4.12 Å². The third-order valence-electron chi connectivity index (χ3n) is 4.07. The lowest BCUT2D eigenvalue weighted by Crippen LogP contribution is -2.50. The van der Waals surface area contributed by atoms with Gasteiger partial charge in [0.2, 0.25) is 16.6 Å². The maximum absolute atomic E-state index is 6.73. The van der Waals surface area contributed by atoms with Gasteiger partial charge in [0.1, 0.15) is 0 Å². The Hall–Kier alpha value is -1.17. The van der Waals surface area contributed by atoms with Gasteiger partial charge in [-0.1, -0.05) is 60.0 Å². The van der Waals surface area contributed by atoms with Gasteiger partial charge >= 0.3 is 0 Å². The first-order chi connectivity index (χ1) is 9.04. The molecule has 2 aliphatic rings. The van der Waals surface area contributed by atoms with Crippen LogP contribution in [0.5, 0.6) is 0 Å². The third-order valence-corrected chi connectivity index (χ3v) is 12.6. The van der Waals surface area contributed by atoms with Crippen LogP contribution in [0.2, 0.25) is 24.2 Å². The SMILES string of the molecule is C=C[Si](C)(O[Si](C)(C=C)C1C=CC=C1)C1C=CC=C1. The van der Waals surface area contributed by atoms with Gasteiger partial charge < -0.3 is 4.12 Å². The molecule has 2 rings (SSSR count). The average molecular weight is 287 g/mol. The summed E-state index contributed by atoms with van der Waals surface area (Å²) in [5, 5.41) is 0. The van der Waals surface area contributed by atoms with Crippen molar-refractivity contribution >= 4 is 16.6 Å². The quantitative estimate of drug-likeness (QED) is 0.649. The second-order valence-corrected chi connectivity index (χ2v) is 13.2. The Kier molecular flexibility index (Phi) is 4.08. The average Bonchev–Trinajstić information content (AvgIpc) is 3.10. The molecule has 0 aliphatic heterocycles. The molecule has 2 unspecified atom stereocenters. The molecule has 0 bridgehead atoms. The summed E-state index contributed by atoms with van der Waals surface area (Å²) >= 11 is 0. The van der Waals surface area contributed by atoms with E-state index in [0.29, 0.717) is 11.1 Å². The van der Waals surface area contributed by atoms with Crippen molar-refractivity contribution in [2.75, 3.05) is 0 Å². The molecule has 0 saturated heterocycles. The number of hydrogen-bond acceptors (Lipinski definition) is 1. The molecule has 2 aliphatic carbocycles. The van der Waals surface area contributed by atoms with E-state index >= 15 is 0 Å². The van der Waals surface area contributed by atoms with Crippen LogP contribution >= 0.6 is 0 Å². The highest BCUT2D eigenvalue weighted by atomic mass is 28.4. The van der Waals surface area contributed by atoms with E-state index < -0.39 is 16.6 Å². The van der Waals surface area contributed by atoms with Gasteiger partial charge in [-0.25, -0.2) is 0 Å². The van der Waals surface area contributed by atoms with E-state index in [-0.39, 0.29) is 0 Å². The summed E-state index contributed by atoms with van der Waals surface area (Å²) in [4.78, 5) is 0. The van der Waals surface area contributed by atoms with Gasteiger partial charge in [-0.2, -0.15) is 0 Å². The zero-order valence-corrected chi connectivity index (χ0v) is 13.8. The summed E-state index contributed by atoms with van der Waals surface area (Å²) in [6, 6.07) is 0. The van der Waals surface area contributed by atoms with E-state index in [0.717, 1.165) is 0 Å². The molecule has 0 fully saturated rings. The summed E-state index contributed by atoms with van der Waals surface area (Å²) < 4.78 is 6.73. The molecule has 3 heteroatoms. The molecular weight excluding hydrogens is 264 g/mol. The minimum atomic E-state index is -2.00. The van der Waals surface area contributed by atoms with Crippen LogP contribution < -0.4 is 0 Å². The lowest BCUT2D eigenvalue weighted by atomic mass is 10.5. The van der Waals surface area contributed by atoms with Crippen molar-refractivity contribution in [3.63, 3.8) is 0 Å². The molecule has 100 valence electrons. The Bertz CT molecular complexity index is 421. The molecule has 0 spiro atoms. The summed E-state index contributed by atoms with van der Waals surface area (Å²) in [7, 11) is -4.00. The predicted molar refractivity (Wildman–Crippen MR) is 88.8 cm³/mol. The van der Waals surface area contributed by atoms with Gasteiger partial charge in [0.15, 0.2) is 0 Å². The number of allylic oxidation sites excluding steroid dienone is 8. The van der Waals surface area contributed by atoms with Crippen LogP contribution in [0, 0.1) is 0 Å². The van der Waals surface area contributed by atoms with Crippen LogP contribution in [-0.4, -0.2) is 16.6 Å². The Balaban J connectivity index is 2.24. The molecule has 0 radical (unpaired) electrons. The molecule has 2 atom stereocenters. The zero-order chi connectivity index (χ0) is 13.9. The van der Waals surface area contributed by atoms with E-state index in [1.807, 2.05) is 0 Å². The fourth-order valence-electron chi connectivity index (χ4n) is 2.59. The van der Waals surface area contributed by atoms with E-state index in [1.165, 1.54) is 0 Å². The Morgan fingerprint density at radius 2 is 1.11 bits per heavy atom. The summed E-state index contributed by atoms with van der Waals surface area (Å²) in [5.74, 6) is 0. The lowest BCUT2D eigenvalue weighted by Gasteiger charge is -2.39. The lowest BCUT2D eigenvalue weighted by molar-refractivity contribution is 0.545. The molecule has 1 nitrogen and oxygen atoms in total. The monoisotopic (exact) mass is 286 g/mol. The fourth-order valence-corrected chi connectivity index (χ4v) is 10.7. The molecule has 0 saturated carbocycles. The highest BCUT2D eigenvalue weighted by molar-refractivity contribution is 6.92. The van der Waals surface area contributed by atoms with E-state index in [1.54, 1.807) is 0 Å². The molecule has 0 N–H and O–H groups in total. The predicted octanol–water partition coefficient (Wildman–Crippen LogP) is 4.60. The maximum Gasteiger partial charge on any atom is 0.212 e. The summed E-state index contributed by atoms with van der Waals surface area (Å²) in [6.07, 6.45) is 17.3. The smallest absolute Gasteiger partial charge is 0.212 e. The first kappa shape index (κ1) is 14.2. The van der Waals surface area contributed by atoms with Crippen molar-refractivity contribution in [1.82, 2.24) is 0 Å². The van der Waals surface area contributed by atoms with Gasteiger partial charge in [0.05, 0.1) is 0 Å². The molecule has 0 aromatic heterocycles. The van der Waals surface area contributed by atoms with Crippen molar-refractivity contribution in [3.05, 3.63) is 73.2 Å². The van der Waals surface area contributed by atoms with Crippen LogP contribution in [0.25, 0.3) is 0 Å². The minimum Gasteiger partial charge on any atom is -0.448 e. The highest BCUT2D eigenvalue weighted by Gasteiger charge is 2.43. The van der Waals surface area contributed by atoms with Crippen molar-refractivity contribution in [2.45, 2.75) is 24.2 Å². The topological polar surface area (TPSA) is 9.23 Å². The zero-order valence-electron chi connectivity index (χ0n) is 11.8. The fraction of sp³-hybridized carbons (Fsp3) is 0.250. The van der Waals surface area contributed by atoms with Crippen molar-refractivity contribution in [2.24, 2.45) is 0 Å². The highest BCUT2D eigenvalue weighted by Crippen LogP contribution is 2.38. The van der Waals surface area contributed by atoms with E-state index in [2.05, 4.69) is 86.3 Å². The van der Waals surface area contributed by atoms with Crippen LogP contribution in [0.4, 0.5) is 0 Å². The standard InChI is InChI=1S/C16H22OSi2/c1-5-18(3,15-11-7-8-12-15)17-19(4,6-2)16-13-9-10-14-16/h5-16H,1-2H2,3-4H3. The Labute approximate surface area is 118 Å². The van der Waals surface area contributed by atoms with E-state index in [9.17, 15) is 0 Å². The largest absolute Gasteiger partial charge is 0.448 e. The number of rotatable bonds is 6. The maximum atomic E-state index is 6.73. The molecular formula is C16H22OSi2. The van der Waals surface area contributed by atoms with E-state index in [4.69, 9.17) is 4.12 Å². The first-order valence-electron chi connectivity index (χ1n) is 6.71. The van der Waals surface area contributed by atoms with Crippen molar-refractivity contribution < 1.29 is 4.12 Å². The van der Waals surface area contributed by atoms with Gasteiger partial charge in [0.25, 0.3) is 0 Å². The Morgan fingerprint density at radius 3 is 1.37 bits per heavy atom. The molecule has 0 aromatic carbocycles. The molecule has 0 amide bonds. The third kappa shape index (κ3) is 2.73. The van der Waals surface area contributed by atoms with Crippen LogP contribution in [0.15, 0.2) is 73.2 Å².